The highest BCUT2D eigenvalue weighted by molar-refractivity contribution is 6.17. The van der Waals surface area contributed by atoms with Gasteiger partial charge >= 0.3 is 0 Å². The molecule has 2 aromatic rings. The molecule has 2 atom stereocenters. The molecule has 1 aromatic carbocycles. The molecule has 30 heavy (non-hydrogen) atoms. The number of hydrogen-bond acceptors (Lipinski definition) is 3. The van der Waals surface area contributed by atoms with Crippen LogP contribution in [0.3, 0.4) is 0 Å². The molecule has 1 aliphatic rings. The van der Waals surface area contributed by atoms with Gasteiger partial charge in [0.2, 0.25) is 5.91 Å². The van der Waals surface area contributed by atoms with Gasteiger partial charge in [0.1, 0.15) is 0 Å². The van der Waals surface area contributed by atoms with Crippen LogP contribution in [-0.4, -0.2) is 22.3 Å². The third kappa shape index (κ3) is 3.32. The van der Waals surface area contributed by atoms with Crippen LogP contribution in [0.1, 0.15) is 58.7 Å². The zero-order valence-electron chi connectivity index (χ0n) is 18.5. The molecule has 0 saturated heterocycles. The van der Waals surface area contributed by atoms with Crippen molar-refractivity contribution in [2.75, 3.05) is 4.90 Å². The highest BCUT2D eigenvalue weighted by Crippen LogP contribution is 2.52. The van der Waals surface area contributed by atoms with Crippen LogP contribution in [0, 0.1) is 5.92 Å². The van der Waals surface area contributed by atoms with E-state index in [2.05, 4.69) is 30.7 Å². The maximum Gasteiger partial charge on any atom is 0.257 e. The number of amides is 2. The predicted molar refractivity (Wildman–Crippen MR) is 121 cm³/mol. The monoisotopic (exact) mass is 405 g/mol. The molecule has 0 bridgehead atoms. The fraction of sp³-hybridized carbons (Fsp3) is 0.400. The number of nitrogens with zero attached hydrogens (tertiary/aromatic N) is 2. The first kappa shape index (κ1) is 21.8. The summed E-state index contributed by atoms with van der Waals surface area (Å²) in [6.45, 7) is 14.1. The summed E-state index contributed by atoms with van der Waals surface area (Å²) in [7, 11) is 0. The summed E-state index contributed by atoms with van der Waals surface area (Å²) in [5, 5.41) is 3.24. The molecule has 0 saturated carbocycles. The Morgan fingerprint density at radius 1 is 1.20 bits per heavy atom. The maximum atomic E-state index is 14.1. The van der Waals surface area contributed by atoms with E-state index in [1.165, 1.54) is 6.92 Å². The van der Waals surface area contributed by atoms with Crippen molar-refractivity contribution in [2.45, 2.75) is 58.5 Å². The molecule has 1 aromatic heterocycles. The Kier molecular flexibility index (Phi) is 5.84. The number of hydrogen-bond donors (Lipinski definition) is 1. The van der Waals surface area contributed by atoms with E-state index in [0.717, 1.165) is 18.4 Å². The smallest absolute Gasteiger partial charge is 0.257 e. The minimum atomic E-state index is -1.43. The van der Waals surface area contributed by atoms with Crippen molar-refractivity contribution in [1.82, 2.24) is 10.3 Å². The number of para-hydroxylation sites is 1. The van der Waals surface area contributed by atoms with Gasteiger partial charge in [0.05, 0.1) is 11.4 Å². The predicted octanol–water partition coefficient (Wildman–Crippen LogP) is 4.69. The molecule has 1 aliphatic heterocycles. The first-order chi connectivity index (χ1) is 14.2. The number of nitrogens with one attached hydrogen (secondary N) is 1. The molecule has 5 heteroatoms. The van der Waals surface area contributed by atoms with E-state index in [9.17, 15) is 9.59 Å². The summed E-state index contributed by atoms with van der Waals surface area (Å²) in [5.74, 6) is -0.262. The standard InChI is InChI=1S/C25H31N3O2/c1-7-12-17(2)24(5,6)27-23(30)25(22-15-10-11-16-26-22)18(3)20-13-8-9-14-21(20)28(25)19(4)29/h8-11,13-17H,3,7,12H2,1-2,4-6H3,(H,27,30). The number of aromatic nitrogens is 1. The zero-order chi connectivity index (χ0) is 22.1. The van der Waals surface area contributed by atoms with Gasteiger partial charge < -0.3 is 5.32 Å². The van der Waals surface area contributed by atoms with Gasteiger partial charge in [-0.25, -0.2) is 0 Å². The van der Waals surface area contributed by atoms with Gasteiger partial charge in [-0.3, -0.25) is 19.5 Å². The van der Waals surface area contributed by atoms with Gasteiger partial charge in [-0.2, -0.15) is 0 Å². The second-order valence-electron chi connectivity index (χ2n) is 8.64. The van der Waals surface area contributed by atoms with E-state index < -0.39 is 11.1 Å². The lowest BCUT2D eigenvalue weighted by Crippen LogP contribution is -2.61. The number of fused-ring (bicyclic) bond motifs is 1. The molecule has 0 aliphatic carbocycles. The Balaban J connectivity index is 2.20. The number of rotatable bonds is 6. The molecular weight excluding hydrogens is 374 g/mol. The molecule has 3 rings (SSSR count). The normalized spacial score (nSPS) is 19.4. The Bertz CT molecular complexity index is 967. The Labute approximate surface area is 179 Å². The van der Waals surface area contributed by atoms with E-state index in [4.69, 9.17) is 0 Å². The van der Waals surface area contributed by atoms with Crippen molar-refractivity contribution in [1.29, 1.82) is 0 Å². The number of pyridine rings is 1. The van der Waals surface area contributed by atoms with Crippen molar-refractivity contribution in [3.05, 3.63) is 66.5 Å². The minimum absolute atomic E-state index is 0.235. The van der Waals surface area contributed by atoms with Gasteiger partial charge in [-0.05, 0) is 50.0 Å². The van der Waals surface area contributed by atoms with E-state index in [1.807, 2.05) is 44.2 Å². The summed E-state index contributed by atoms with van der Waals surface area (Å²) in [5.41, 5.74) is 0.608. The van der Waals surface area contributed by atoms with Gasteiger partial charge in [0.25, 0.3) is 5.91 Å². The lowest BCUT2D eigenvalue weighted by atomic mass is 9.81. The third-order valence-corrected chi connectivity index (χ3v) is 6.31. The van der Waals surface area contributed by atoms with Gasteiger partial charge in [-0.1, -0.05) is 51.1 Å². The van der Waals surface area contributed by atoms with E-state index in [1.54, 1.807) is 23.2 Å². The van der Waals surface area contributed by atoms with Crippen molar-refractivity contribution in [3.8, 4) is 0 Å². The SMILES string of the molecule is C=C1c2ccccc2N(C(C)=O)C1(C(=O)NC(C)(C)C(C)CCC)c1ccccn1. The number of carbonyl (C=O) groups is 2. The molecule has 2 heterocycles. The van der Waals surface area contributed by atoms with Crippen LogP contribution >= 0.6 is 0 Å². The first-order valence-corrected chi connectivity index (χ1v) is 10.5. The van der Waals surface area contributed by atoms with Crippen LogP contribution in [0.15, 0.2) is 55.2 Å². The summed E-state index contributed by atoms with van der Waals surface area (Å²) in [6, 6.07) is 12.9. The average Bonchev–Trinajstić information content (AvgIpc) is 2.98. The fourth-order valence-electron chi connectivity index (χ4n) is 4.34. The van der Waals surface area contributed by atoms with E-state index >= 15 is 0 Å². The van der Waals surface area contributed by atoms with Crippen LogP contribution in [0.25, 0.3) is 5.57 Å². The molecule has 2 amide bonds. The van der Waals surface area contributed by atoms with Crippen LogP contribution in [-0.2, 0) is 15.1 Å². The van der Waals surface area contributed by atoms with Gasteiger partial charge in [0, 0.05) is 24.2 Å². The summed E-state index contributed by atoms with van der Waals surface area (Å²) < 4.78 is 0. The number of anilines is 1. The quantitative estimate of drug-likeness (QED) is 0.758. The van der Waals surface area contributed by atoms with Crippen molar-refractivity contribution < 1.29 is 9.59 Å². The number of carbonyl (C=O) groups excluding carboxylic acids is 2. The Morgan fingerprint density at radius 3 is 2.47 bits per heavy atom. The molecule has 2 unspecified atom stereocenters. The Morgan fingerprint density at radius 2 is 1.87 bits per heavy atom. The molecule has 1 N–H and O–H groups in total. The molecule has 0 radical (unpaired) electrons. The van der Waals surface area contributed by atoms with Crippen molar-refractivity contribution >= 4 is 23.1 Å². The van der Waals surface area contributed by atoms with Crippen LogP contribution in [0.5, 0.6) is 0 Å². The lowest BCUT2D eigenvalue weighted by Gasteiger charge is -2.41. The largest absolute Gasteiger partial charge is 0.348 e. The minimum Gasteiger partial charge on any atom is -0.348 e. The summed E-state index contributed by atoms with van der Waals surface area (Å²) in [6.07, 6.45) is 3.66. The van der Waals surface area contributed by atoms with Crippen molar-refractivity contribution in [2.24, 2.45) is 5.92 Å². The molecular formula is C25H31N3O2. The fourth-order valence-corrected chi connectivity index (χ4v) is 4.34. The topological polar surface area (TPSA) is 62.3 Å². The van der Waals surface area contributed by atoms with Crippen LogP contribution < -0.4 is 10.2 Å². The van der Waals surface area contributed by atoms with Crippen LogP contribution in [0.2, 0.25) is 0 Å². The number of benzene rings is 1. The van der Waals surface area contributed by atoms with E-state index in [-0.39, 0.29) is 17.7 Å². The molecule has 158 valence electrons. The molecule has 0 fully saturated rings. The summed E-state index contributed by atoms with van der Waals surface area (Å²) in [4.78, 5) is 33.1. The summed E-state index contributed by atoms with van der Waals surface area (Å²) >= 11 is 0. The zero-order valence-corrected chi connectivity index (χ0v) is 18.5. The van der Waals surface area contributed by atoms with E-state index in [0.29, 0.717) is 17.0 Å². The maximum absolute atomic E-state index is 14.1. The Hall–Kier alpha value is -2.95. The first-order valence-electron chi connectivity index (χ1n) is 10.5. The third-order valence-electron chi connectivity index (χ3n) is 6.31. The van der Waals surface area contributed by atoms with Gasteiger partial charge in [0.15, 0.2) is 5.54 Å². The second-order valence-corrected chi connectivity index (χ2v) is 8.64. The van der Waals surface area contributed by atoms with Gasteiger partial charge in [-0.15, -0.1) is 0 Å². The highest BCUT2D eigenvalue weighted by atomic mass is 16.2. The van der Waals surface area contributed by atoms with Crippen LogP contribution in [0.4, 0.5) is 5.69 Å². The highest BCUT2D eigenvalue weighted by Gasteiger charge is 2.57. The van der Waals surface area contributed by atoms with Crippen molar-refractivity contribution in [3.63, 3.8) is 0 Å². The molecule has 5 nitrogen and oxygen atoms in total. The average molecular weight is 406 g/mol. The lowest BCUT2D eigenvalue weighted by molar-refractivity contribution is -0.130. The molecule has 0 spiro atoms. The second kappa shape index (κ2) is 8.05.